The van der Waals surface area contributed by atoms with Crippen molar-refractivity contribution in [1.29, 1.82) is 0 Å². The predicted molar refractivity (Wildman–Crippen MR) is 83.7 cm³/mol. The highest BCUT2D eigenvalue weighted by Crippen LogP contribution is 2.29. The van der Waals surface area contributed by atoms with Crippen molar-refractivity contribution in [2.45, 2.75) is 44.8 Å². The van der Waals surface area contributed by atoms with E-state index in [0.29, 0.717) is 11.4 Å². The number of likely N-dealkylation sites (tertiary alicyclic amines) is 1. The Morgan fingerprint density at radius 1 is 1.37 bits per heavy atom. The maximum atomic E-state index is 10.6. The second-order valence-corrected chi connectivity index (χ2v) is 7.13. The average molecular weight is 347 g/mol. The summed E-state index contributed by atoms with van der Waals surface area (Å²) >= 11 is 9.63. The van der Waals surface area contributed by atoms with E-state index in [1.54, 1.807) is 0 Å². The molecule has 0 bridgehead atoms. The molecule has 1 aliphatic rings. The molecule has 1 unspecified atom stereocenters. The quantitative estimate of drug-likeness (QED) is 0.894. The summed E-state index contributed by atoms with van der Waals surface area (Å²) in [7, 11) is 0. The maximum absolute atomic E-state index is 10.6. The van der Waals surface area contributed by atoms with Crippen LogP contribution in [0.3, 0.4) is 0 Å². The lowest BCUT2D eigenvalue weighted by Gasteiger charge is -2.39. The van der Waals surface area contributed by atoms with Gasteiger partial charge < -0.3 is 5.11 Å². The van der Waals surface area contributed by atoms with E-state index in [1.165, 1.54) is 12.8 Å². The molecule has 0 radical (unpaired) electrons. The summed E-state index contributed by atoms with van der Waals surface area (Å²) in [6.07, 6.45) is 2.64. The molecular weight excluding hydrogens is 326 g/mol. The topological polar surface area (TPSA) is 23.5 Å². The van der Waals surface area contributed by atoms with Gasteiger partial charge in [-0.2, -0.15) is 0 Å². The molecule has 1 aromatic carbocycles. The number of aliphatic hydroxyl groups excluding tert-OH is 1. The SMILES string of the molecule is CC(C)(C(O)Cc1ccc(Br)cc1Cl)N1CCCC1. The second kappa shape index (κ2) is 6.13. The van der Waals surface area contributed by atoms with Gasteiger partial charge in [-0.05, 0) is 57.5 Å². The molecule has 1 aromatic rings. The number of aliphatic hydroxyl groups is 1. The number of hydrogen-bond acceptors (Lipinski definition) is 2. The Morgan fingerprint density at radius 2 is 2.00 bits per heavy atom. The first-order chi connectivity index (χ1) is 8.91. The lowest BCUT2D eigenvalue weighted by Crippen LogP contribution is -2.51. The van der Waals surface area contributed by atoms with Crippen LogP contribution in [0.1, 0.15) is 32.3 Å². The molecule has 0 spiro atoms. The molecule has 4 heteroatoms. The summed E-state index contributed by atoms with van der Waals surface area (Å²) < 4.78 is 0.967. The third kappa shape index (κ3) is 3.52. The van der Waals surface area contributed by atoms with Gasteiger partial charge >= 0.3 is 0 Å². The van der Waals surface area contributed by atoms with Gasteiger partial charge in [-0.1, -0.05) is 33.6 Å². The first-order valence-electron chi connectivity index (χ1n) is 6.78. The summed E-state index contributed by atoms with van der Waals surface area (Å²) in [5.41, 5.74) is 0.803. The fraction of sp³-hybridized carbons (Fsp3) is 0.600. The molecule has 1 fully saturated rings. The van der Waals surface area contributed by atoms with Crippen molar-refractivity contribution < 1.29 is 5.11 Å². The minimum absolute atomic E-state index is 0.201. The van der Waals surface area contributed by atoms with Crippen molar-refractivity contribution in [3.63, 3.8) is 0 Å². The lowest BCUT2D eigenvalue weighted by molar-refractivity contribution is 0.00338. The fourth-order valence-electron chi connectivity index (χ4n) is 2.65. The summed E-state index contributed by atoms with van der Waals surface area (Å²) in [5, 5.41) is 11.3. The molecule has 2 nitrogen and oxygen atoms in total. The van der Waals surface area contributed by atoms with Gasteiger partial charge in [0.1, 0.15) is 0 Å². The molecule has 19 heavy (non-hydrogen) atoms. The number of nitrogens with zero attached hydrogens (tertiary/aromatic N) is 1. The highest BCUT2D eigenvalue weighted by Gasteiger charge is 2.35. The van der Waals surface area contributed by atoms with Crippen LogP contribution in [0.15, 0.2) is 22.7 Å². The summed E-state index contributed by atoms with van der Waals surface area (Å²) in [5.74, 6) is 0. The standard InChI is InChI=1S/C15H21BrClNO/c1-15(2,18-7-3-4-8-18)14(19)9-11-5-6-12(16)10-13(11)17/h5-6,10,14,19H,3-4,7-9H2,1-2H3. The van der Waals surface area contributed by atoms with Gasteiger partial charge in [-0.3, -0.25) is 4.90 Å². The Morgan fingerprint density at radius 3 is 2.58 bits per heavy atom. The third-order valence-electron chi connectivity index (χ3n) is 4.16. The molecule has 0 aliphatic carbocycles. The van der Waals surface area contributed by atoms with E-state index < -0.39 is 6.10 Å². The third-order valence-corrected chi connectivity index (χ3v) is 5.01. The molecule has 0 aromatic heterocycles. The summed E-state index contributed by atoms with van der Waals surface area (Å²) in [6.45, 7) is 6.40. The Bertz CT molecular complexity index is 444. The van der Waals surface area contributed by atoms with Crippen molar-refractivity contribution in [3.05, 3.63) is 33.3 Å². The molecule has 0 amide bonds. The molecule has 1 saturated heterocycles. The Hall–Kier alpha value is -0.0900. The first kappa shape index (κ1) is 15.3. The van der Waals surface area contributed by atoms with Gasteiger partial charge in [0.2, 0.25) is 0 Å². The monoisotopic (exact) mass is 345 g/mol. The zero-order valence-corrected chi connectivity index (χ0v) is 13.8. The van der Waals surface area contributed by atoms with E-state index in [2.05, 4.69) is 34.7 Å². The van der Waals surface area contributed by atoms with Crippen molar-refractivity contribution in [3.8, 4) is 0 Å². The average Bonchev–Trinajstić information content (AvgIpc) is 2.86. The lowest BCUT2D eigenvalue weighted by atomic mass is 9.90. The van der Waals surface area contributed by atoms with E-state index in [4.69, 9.17) is 11.6 Å². The zero-order chi connectivity index (χ0) is 14.0. The van der Waals surface area contributed by atoms with Gasteiger partial charge in [0.05, 0.1) is 6.10 Å². The van der Waals surface area contributed by atoms with E-state index in [1.807, 2.05) is 18.2 Å². The summed E-state index contributed by atoms with van der Waals surface area (Å²) in [4.78, 5) is 2.38. The Balaban J connectivity index is 2.09. The largest absolute Gasteiger partial charge is 0.391 e. The molecule has 0 saturated carbocycles. The molecule has 1 heterocycles. The van der Waals surface area contributed by atoms with Crippen LogP contribution in [0.5, 0.6) is 0 Å². The van der Waals surface area contributed by atoms with Crippen LogP contribution >= 0.6 is 27.5 Å². The second-order valence-electron chi connectivity index (χ2n) is 5.80. The molecular formula is C15H21BrClNO. The maximum Gasteiger partial charge on any atom is 0.0759 e. The van der Waals surface area contributed by atoms with Crippen molar-refractivity contribution in [2.75, 3.05) is 13.1 Å². The molecule has 1 N–H and O–H groups in total. The molecule has 106 valence electrons. The van der Waals surface area contributed by atoms with Gasteiger partial charge in [-0.15, -0.1) is 0 Å². The minimum atomic E-state index is -0.413. The number of benzene rings is 1. The first-order valence-corrected chi connectivity index (χ1v) is 7.95. The van der Waals surface area contributed by atoms with E-state index in [9.17, 15) is 5.11 Å². The van der Waals surface area contributed by atoms with Crippen molar-refractivity contribution >= 4 is 27.5 Å². The fourth-order valence-corrected chi connectivity index (χ4v) is 3.40. The van der Waals surface area contributed by atoms with Gasteiger partial charge in [0, 0.05) is 21.5 Å². The van der Waals surface area contributed by atoms with Crippen LogP contribution in [-0.2, 0) is 6.42 Å². The van der Waals surface area contributed by atoms with Gasteiger partial charge in [0.25, 0.3) is 0 Å². The summed E-state index contributed by atoms with van der Waals surface area (Å²) in [6, 6.07) is 5.83. The zero-order valence-electron chi connectivity index (χ0n) is 11.5. The predicted octanol–water partition coefficient (Wildman–Crippen LogP) is 3.88. The van der Waals surface area contributed by atoms with Crippen LogP contribution in [0.4, 0.5) is 0 Å². The van der Waals surface area contributed by atoms with E-state index >= 15 is 0 Å². The smallest absolute Gasteiger partial charge is 0.0759 e. The Kier molecular flexibility index (Phi) is 4.93. The van der Waals surface area contributed by atoms with Crippen molar-refractivity contribution in [1.82, 2.24) is 4.90 Å². The van der Waals surface area contributed by atoms with Gasteiger partial charge in [-0.25, -0.2) is 0 Å². The van der Waals surface area contributed by atoms with Crippen LogP contribution < -0.4 is 0 Å². The van der Waals surface area contributed by atoms with E-state index in [-0.39, 0.29) is 5.54 Å². The van der Waals surface area contributed by atoms with Gasteiger partial charge in [0.15, 0.2) is 0 Å². The number of rotatable bonds is 4. The van der Waals surface area contributed by atoms with Crippen LogP contribution in [0.25, 0.3) is 0 Å². The number of hydrogen-bond donors (Lipinski definition) is 1. The minimum Gasteiger partial charge on any atom is -0.391 e. The van der Waals surface area contributed by atoms with Crippen molar-refractivity contribution in [2.24, 2.45) is 0 Å². The molecule has 1 aliphatic heterocycles. The number of halogens is 2. The van der Waals surface area contributed by atoms with Crippen LogP contribution in [0, 0.1) is 0 Å². The highest BCUT2D eigenvalue weighted by molar-refractivity contribution is 9.10. The van der Waals surface area contributed by atoms with Crippen LogP contribution in [-0.4, -0.2) is 34.7 Å². The molecule has 1 atom stereocenters. The Labute approximate surface area is 128 Å². The highest BCUT2D eigenvalue weighted by atomic mass is 79.9. The normalized spacial score (nSPS) is 18.8. The molecule has 2 rings (SSSR count). The van der Waals surface area contributed by atoms with E-state index in [0.717, 1.165) is 23.1 Å². The van der Waals surface area contributed by atoms with Crippen LogP contribution in [0.2, 0.25) is 5.02 Å².